The zero-order chi connectivity index (χ0) is 10.6. The highest BCUT2D eigenvalue weighted by Crippen LogP contribution is 2.28. The maximum atomic E-state index is 10.8. The molecule has 2 unspecified atom stereocenters. The number of rotatable bonds is 4. The number of amides is 1. The maximum Gasteiger partial charge on any atom is 0.234 e. The minimum Gasteiger partial charge on any atom is -0.368 e. The molecule has 3 N–H and O–H groups in total. The van der Waals surface area contributed by atoms with Crippen LogP contribution in [0.3, 0.4) is 0 Å². The number of carbonyl (C=O) groups is 1. The summed E-state index contributed by atoms with van der Waals surface area (Å²) in [5, 5.41) is 3.21. The lowest BCUT2D eigenvalue weighted by Crippen LogP contribution is -2.42. The third-order valence-corrected chi connectivity index (χ3v) is 3.40. The topological polar surface area (TPSA) is 55.1 Å². The molecule has 0 aliphatic heterocycles. The predicted octanol–water partition coefficient (Wildman–Crippen LogP) is 1.28. The van der Waals surface area contributed by atoms with Gasteiger partial charge in [0, 0.05) is 0 Å². The Bertz CT molecular complexity index is 194. The van der Waals surface area contributed by atoms with Gasteiger partial charge in [-0.25, -0.2) is 0 Å². The second-order valence-corrected chi connectivity index (χ2v) is 4.55. The van der Waals surface area contributed by atoms with Crippen molar-refractivity contribution < 1.29 is 4.79 Å². The molecule has 0 radical (unpaired) electrons. The number of primary amides is 1. The van der Waals surface area contributed by atoms with Crippen LogP contribution in [0.15, 0.2) is 0 Å². The first-order valence-corrected chi connectivity index (χ1v) is 5.64. The van der Waals surface area contributed by atoms with Gasteiger partial charge in [0.25, 0.3) is 0 Å². The van der Waals surface area contributed by atoms with E-state index in [1.807, 2.05) is 6.92 Å². The number of hydrogen-bond donors (Lipinski definition) is 2. The molecule has 0 spiro atoms. The van der Waals surface area contributed by atoms with E-state index in [-0.39, 0.29) is 11.9 Å². The highest BCUT2D eigenvalue weighted by atomic mass is 16.1. The van der Waals surface area contributed by atoms with E-state index in [0.29, 0.717) is 0 Å². The zero-order valence-electron chi connectivity index (χ0n) is 9.25. The molecule has 1 rings (SSSR count). The van der Waals surface area contributed by atoms with Gasteiger partial charge in [-0.1, -0.05) is 26.2 Å². The van der Waals surface area contributed by atoms with Gasteiger partial charge in [-0.15, -0.1) is 0 Å². The van der Waals surface area contributed by atoms with E-state index in [0.717, 1.165) is 18.4 Å². The third kappa shape index (κ3) is 3.29. The fourth-order valence-corrected chi connectivity index (χ4v) is 2.13. The monoisotopic (exact) mass is 198 g/mol. The van der Waals surface area contributed by atoms with Gasteiger partial charge in [-0.05, 0) is 31.7 Å². The second kappa shape index (κ2) is 5.35. The summed E-state index contributed by atoms with van der Waals surface area (Å²) in [5.74, 6) is 1.26. The number of hydrogen-bond acceptors (Lipinski definition) is 2. The summed E-state index contributed by atoms with van der Waals surface area (Å²) in [5.41, 5.74) is 5.18. The average Bonchev–Trinajstić information content (AvgIpc) is 2.16. The standard InChI is InChI=1S/C11H22N2O/c1-8-5-3-4-6-10(8)7-13-9(2)11(12)14/h8-10,13H,3-7H2,1-2H3,(H2,12,14)/t8?,9-,10?/m0/s1. The summed E-state index contributed by atoms with van der Waals surface area (Å²) in [6.45, 7) is 5.07. The van der Waals surface area contributed by atoms with Crippen molar-refractivity contribution in [2.75, 3.05) is 6.54 Å². The Hall–Kier alpha value is -0.570. The Kier molecular flexibility index (Phi) is 4.39. The molecule has 0 heterocycles. The van der Waals surface area contributed by atoms with Gasteiger partial charge in [0.15, 0.2) is 0 Å². The summed E-state index contributed by atoms with van der Waals surface area (Å²) in [6.07, 6.45) is 5.32. The highest BCUT2D eigenvalue weighted by Gasteiger charge is 2.21. The van der Waals surface area contributed by atoms with Crippen LogP contribution in [0.2, 0.25) is 0 Å². The van der Waals surface area contributed by atoms with Crippen LogP contribution in [0.5, 0.6) is 0 Å². The molecule has 1 aliphatic rings. The third-order valence-electron chi connectivity index (χ3n) is 3.40. The van der Waals surface area contributed by atoms with Crippen LogP contribution in [-0.4, -0.2) is 18.5 Å². The molecule has 0 bridgehead atoms. The minimum absolute atomic E-state index is 0.191. The molecule has 1 fully saturated rings. The molecule has 1 saturated carbocycles. The molecule has 0 saturated heterocycles. The highest BCUT2D eigenvalue weighted by molar-refractivity contribution is 5.79. The van der Waals surface area contributed by atoms with Gasteiger partial charge < -0.3 is 11.1 Å². The number of carbonyl (C=O) groups excluding carboxylic acids is 1. The molecule has 3 atom stereocenters. The zero-order valence-corrected chi connectivity index (χ0v) is 9.25. The van der Waals surface area contributed by atoms with Gasteiger partial charge in [0.2, 0.25) is 5.91 Å². The Labute approximate surface area is 86.4 Å². The van der Waals surface area contributed by atoms with Crippen molar-refractivity contribution in [3.63, 3.8) is 0 Å². The molecule has 3 nitrogen and oxygen atoms in total. The van der Waals surface area contributed by atoms with E-state index in [9.17, 15) is 4.79 Å². The summed E-state index contributed by atoms with van der Waals surface area (Å²) >= 11 is 0. The molecular weight excluding hydrogens is 176 g/mol. The van der Waals surface area contributed by atoms with Crippen LogP contribution in [0.4, 0.5) is 0 Å². The van der Waals surface area contributed by atoms with Crippen LogP contribution < -0.4 is 11.1 Å². The van der Waals surface area contributed by atoms with Crippen molar-refractivity contribution in [1.29, 1.82) is 0 Å². The normalized spacial score (nSPS) is 29.9. The molecule has 82 valence electrons. The average molecular weight is 198 g/mol. The first kappa shape index (κ1) is 11.5. The fourth-order valence-electron chi connectivity index (χ4n) is 2.13. The second-order valence-electron chi connectivity index (χ2n) is 4.55. The summed E-state index contributed by atoms with van der Waals surface area (Å²) < 4.78 is 0. The summed E-state index contributed by atoms with van der Waals surface area (Å²) in [6, 6.07) is -0.191. The largest absolute Gasteiger partial charge is 0.368 e. The molecule has 14 heavy (non-hydrogen) atoms. The Morgan fingerprint density at radius 3 is 2.71 bits per heavy atom. The lowest BCUT2D eigenvalue weighted by atomic mass is 9.80. The quantitative estimate of drug-likeness (QED) is 0.715. The van der Waals surface area contributed by atoms with E-state index >= 15 is 0 Å². The molecule has 0 aromatic carbocycles. The summed E-state index contributed by atoms with van der Waals surface area (Å²) in [4.78, 5) is 10.8. The minimum atomic E-state index is -0.256. The lowest BCUT2D eigenvalue weighted by Gasteiger charge is -2.29. The fraction of sp³-hybridized carbons (Fsp3) is 0.909. The van der Waals surface area contributed by atoms with Crippen molar-refractivity contribution in [2.24, 2.45) is 17.6 Å². The van der Waals surface area contributed by atoms with Gasteiger partial charge in [-0.3, -0.25) is 4.79 Å². The van der Waals surface area contributed by atoms with E-state index in [1.54, 1.807) is 0 Å². The van der Waals surface area contributed by atoms with Gasteiger partial charge in [-0.2, -0.15) is 0 Å². The molecule has 0 aromatic rings. The van der Waals surface area contributed by atoms with Crippen LogP contribution in [0, 0.1) is 11.8 Å². The lowest BCUT2D eigenvalue weighted by molar-refractivity contribution is -0.119. The summed E-state index contributed by atoms with van der Waals surface area (Å²) in [7, 11) is 0. The van der Waals surface area contributed by atoms with Crippen molar-refractivity contribution >= 4 is 5.91 Å². The molecule has 1 amide bonds. The molecule has 3 heteroatoms. The Morgan fingerprint density at radius 2 is 2.14 bits per heavy atom. The van der Waals surface area contributed by atoms with Gasteiger partial charge >= 0.3 is 0 Å². The van der Waals surface area contributed by atoms with Crippen molar-refractivity contribution in [3.8, 4) is 0 Å². The van der Waals surface area contributed by atoms with Gasteiger partial charge in [0.05, 0.1) is 6.04 Å². The Morgan fingerprint density at radius 1 is 1.50 bits per heavy atom. The van der Waals surface area contributed by atoms with Crippen LogP contribution in [0.1, 0.15) is 39.5 Å². The van der Waals surface area contributed by atoms with Crippen molar-refractivity contribution in [1.82, 2.24) is 5.32 Å². The van der Waals surface area contributed by atoms with Crippen LogP contribution >= 0.6 is 0 Å². The number of nitrogens with two attached hydrogens (primary N) is 1. The first-order valence-electron chi connectivity index (χ1n) is 5.64. The molecule has 1 aliphatic carbocycles. The van der Waals surface area contributed by atoms with E-state index in [2.05, 4.69) is 12.2 Å². The van der Waals surface area contributed by atoms with Gasteiger partial charge in [0.1, 0.15) is 0 Å². The first-order chi connectivity index (χ1) is 6.61. The Balaban J connectivity index is 2.25. The smallest absolute Gasteiger partial charge is 0.234 e. The van der Waals surface area contributed by atoms with Crippen LogP contribution in [-0.2, 0) is 4.79 Å². The van der Waals surface area contributed by atoms with E-state index in [1.165, 1.54) is 25.7 Å². The van der Waals surface area contributed by atoms with E-state index < -0.39 is 0 Å². The maximum absolute atomic E-state index is 10.8. The number of nitrogens with one attached hydrogen (secondary N) is 1. The van der Waals surface area contributed by atoms with Crippen LogP contribution in [0.25, 0.3) is 0 Å². The predicted molar refractivity (Wildman–Crippen MR) is 57.8 cm³/mol. The van der Waals surface area contributed by atoms with Crippen molar-refractivity contribution in [3.05, 3.63) is 0 Å². The van der Waals surface area contributed by atoms with Crippen molar-refractivity contribution in [2.45, 2.75) is 45.6 Å². The molecular formula is C11H22N2O. The van der Waals surface area contributed by atoms with E-state index in [4.69, 9.17) is 5.73 Å². The SMILES string of the molecule is CC1CCCCC1CN[C@@H](C)C(N)=O. The molecule has 0 aromatic heterocycles.